The molecule has 1 aliphatic rings. The Morgan fingerprint density at radius 1 is 1.50 bits per heavy atom. The van der Waals surface area contributed by atoms with E-state index >= 15 is 0 Å². The van der Waals surface area contributed by atoms with Crippen LogP contribution >= 0.6 is 0 Å². The van der Waals surface area contributed by atoms with Gasteiger partial charge in [0.25, 0.3) is 5.91 Å². The number of methoxy groups -OCH3 is 1. The molecule has 0 saturated carbocycles. The van der Waals surface area contributed by atoms with Crippen LogP contribution in [0.1, 0.15) is 28.8 Å². The maximum Gasteiger partial charge on any atom is 0.253 e. The average molecular weight is 249 g/mol. The van der Waals surface area contributed by atoms with Crippen molar-refractivity contribution in [3.8, 4) is 5.75 Å². The monoisotopic (exact) mass is 249 g/mol. The number of likely N-dealkylation sites (tertiary alicyclic amines) is 1. The Hall–Kier alpha value is -1.55. The molecule has 98 valence electrons. The van der Waals surface area contributed by atoms with Gasteiger partial charge in [0.15, 0.2) is 0 Å². The molecule has 2 rings (SSSR count). The number of aliphatic hydroxyl groups is 1. The largest absolute Gasteiger partial charge is 0.496 e. The van der Waals surface area contributed by atoms with Crippen LogP contribution in [0.3, 0.4) is 0 Å². The lowest BCUT2D eigenvalue weighted by Crippen LogP contribution is -2.42. The van der Waals surface area contributed by atoms with Crippen LogP contribution in [-0.4, -0.2) is 42.2 Å². The molecule has 0 bridgehead atoms. The molecule has 18 heavy (non-hydrogen) atoms. The van der Waals surface area contributed by atoms with Crippen molar-refractivity contribution in [3.05, 3.63) is 29.3 Å². The summed E-state index contributed by atoms with van der Waals surface area (Å²) >= 11 is 0. The maximum absolute atomic E-state index is 12.3. The molecule has 1 heterocycles. The second-order valence-electron chi connectivity index (χ2n) is 4.73. The van der Waals surface area contributed by atoms with Gasteiger partial charge in [0.1, 0.15) is 5.75 Å². The summed E-state index contributed by atoms with van der Waals surface area (Å²) < 4.78 is 5.18. The number of carbonyl (C=O) groups is 1. The predicted molar refractivity (Wildman–Crippen MR) is 68.9 cm³/mol. The molecule has 1 unspecified atom stereocenters. The molecule has 1 atom stereocenters. The highest BCUT2D eigenvalue weighted by atomic mass is 16.5. The number of β-amino-alcohol motifs (C(OH)–C–C–N with tert-alkyl or cyclic N) is 1. The van der Waals surface area contributed by atoms with Gasteiger partial charge >= 0.3 is 0 Å². The van der Waals surface area contributed by atoms with Crippen molar-refractivity contribution >= 4 is 5.91 Å². The van der Waals surface area contributed by atoms with E-state index in [0.29, 0.717) is 12.1 Å². The quantitative estimate of drug-likeness (QED) is 0.866. The molecule has 0 radical (unpaired) electrons. The van der Waals surface area contributed by atoms with E-state index in [2.05, 4.69) is 0 Å². The molecule has 1 aromatic rings. The zero-order valence-electron chi connectivity index (χ0n) is 10.8. The number of amides is 1. The van der Waals surface area contributed by atoms with Gasteiger partial charge in [0.2, 0.25) is 0 Å². The molecule has 4 heteroatoms. The Morgan fingerprint density at radius 2 is 2.28 bits per heavy atom. The molecule has 4 nitrogen and oxygen atoms in total. The first-order valence-corrected chi connectivity index (χ1v) is 6.24. The fourth-order valence-electron chi connectivity index (χ4n) is 2.33. The minimum Gasteiger partial charge on any atom is -0.496 e. The molecule has 1 aromatic carbocycles. The second kappa shape index (κ2) is 5.40. The van der Waals surface area contributed by atoms with Crippen molar-refractivity contribution in [1.29, 1.82) is 0 Å². The van der Waals surface area contributed by atoms with Gasteiger partial charge in [-0.05, 0) is 43.5 Å². The number of piperidine rings is 1. The fourth-order valence-corrected chi connectivity index (χ4v) is 2.33. The van der Waals surface area contributed by atoms with Gasteiger partial charge in [-0.1, -0.05) is 0 Å². The first-order valence-electron chi connectivity index (χ1n) is 6.24. The van der Waals surface area contributed by atoms with Gasteiger partial charge in [-0.15, -0.1) is 0 Å². The van der Waals surface area contributed by atoms with Crippen molar-refractivity contribution in [2.75, 3.05) is 20.2 Å². The van der Waals surface area contributed by atoms with Crippen LogP contribution in [0.15, 0.2) is 18.2 Å². The highest BCUT2D eigenvalue weighted by Gasteiger charge is 2.23. The minimum atomic E-state index is -0.387. The Morgan fingerprint density at radius 3 is 2.89 bits per heavy atom. The minimum absolute atomic E-state index is 0.0143. The Kier molecular flexibility index (Phi) is 3.87. The second-order valence-corrected chi connectivity index (χ2v) is 4.73. The summed E-state index contributed by atoms with van der Waals surface area (Å²) in [5.74, 6) is 0.768. The summed E-state index contributed by atoms with van der Waals surface area (Å²) in [6.45, 7) is 3.07. The molecular formula is C14H19NO3. The van der Waals surface area contributed by atoms with E-state index in [1.54, 1.807) is 18.1 Å². The molecule has 0 spiro atoms. The van der Waals surface area contributed by atoms with Crippen LogP contribution in [0.25, 0.3) is 0 Å². The van der Waals surface area contributed by atoms with E-state index in [-0.39, 0.29) is 12.0 Å². The zero-order chi connectivity index (χ0) is 13.1. The van der Waals surface area contributed by atoms with Crippen molar-refractivity contribution in [1.82, 2.24) is 4.90 Å². The van der Waals surface area contributed by atoms with Crippen LogP contribution in [0.4, 0.5) is 0 Å². The number of nitrogens with zero attached hydrogens (tertiary/aromatic N) is 1. The normalized spacial score (nSPS) is 19.7. The third kappa shape index (κ3) is 2.64. The topological polar surface area (TPSA) is 49.8 Å². The molecule has 0 aromatic heterocycles. The van der Waals surface area contributed by atoms with Crippen LogP contribution in [0, 0.1) is 6.92 Å². The number of aliphatic hydroxyl groups excluding tert-OH is 1. The van der Waals surface area contributed by atoms with Crippen LogP contribution in [-0.2, 0) is 0 Å². The SMILES string of the molecule is COc1ccc(C(=O)N2CCCC(O)C2)cc1C. The number of benzene rings is 1. The van der Waals surface area contributed by atoms with Crippen LogP contribution in [0.2, 0.25) is 0 Å². The first kappa shape index (κ1) is 12.9. The number of hydrogen-bond donors (Lipinski definition) is 1. The van der Waals surface area contributed by atoms with Gasteiger partial charge < -0.3 is 14.7 Å². The van der Waals surface area contributed by atoms with Gasteiger partial charge in [0.05, 0.1) is 13.2 Å². The van der Waals surface area contributed by atoms with E-state index in [9.17, 15) is 9.90 Å². The number of ether oxygens (including phenoxy) is 1. The summed E-state index contributed by atoms with van der Waals surface area (Å²) in [5.41, 5.74) is 1.60. The Labute approximate surface area is 107 Å². The van der Waals surface area contributed by atoms with Gasteiger partial charge in [-0.2, -0.15) is 0 Å². The van der Waals surface area contributed by atoms with Gasteiger partial charge in [-0.25, -0.2) is 0 Å². The highest BCUT2D eigenvalue weighted by Crippen LogP contribution is 2.20. The Bertz CT molecular complexity index is 445. The van der Waals surface area contributed by atoms with E-state index in [4.69, 9.17) is 4.74 Å². The van der Waals surface area contributed by atoms with Gasteiger partial charge in [-0.3, -0.25) is 4.79 Å². The molecule has 1 amide bonds. The summed E-state index contributed by atoms with van der Waals surface area (Å²) in [6.07, 6.45) is 1.26. The van der Waals surface area contributed by atoms with E-state index < -0.39 is 0 Å². The lowest BCUT2D eigenvalue weighted by molar-refractivity contribution is 0.0473. The maximum atomic E-state index is 12.3. The van der Waals surface area contributed by atoms with Crippen molar-refractivity contribution in [2.45, 2.75) is 25.9 Å². The zero-order valence-corrected chi connectivity index (χ0v) is 10.8. The molecule has 0 aliphatic carbocycles. The summed E-state index contributed by atoms with van der Waals surface area (Å²) in [6, 6.07) is 5.42. The van der Waals surface area contributed by atoms with Crippen LogP contribution in [0.5, 0.6) is 5.75 Å². The summed E-state index contributed by atoms with van der Waals surface area (Å²) in [4.78, 5) is 14.0. The lowest BCUT2D eigenvalue weighted by atomic mass is 10.1. The van der Waals surface area contributed by atoms with Crippen molar-refractivity contribution in [3.63, 3.8) is 0 Å². The van der Waals surface area contributed by atoms with Crippen molar-refractivity contribution in [2.24, 2.45) is 0 Å². The van der Waals surface area contributed by atoms with E-state index in [1.165, 1.54) is 0 Å². The molecular weight excluding hydrogens is 230 g/mol. The highest BCUT2D eigenvalue weighted by molar-refractivity contribution is 5.94. The Balaban J connectivity index is 2.15. The van der Waals surface area contributed by atoms with Gasteiger partial charge in [0, 0.05) is 18.7 Å². The average Bonchev–Trinajstić information content (AvgIpc) is 2.37. The standard InChI is InChI=1S/C14H19NO3/c1-10-8-11(5-6-13(10)18-2)14(17)15-7-3-4-12(16)9-15/h5-6,8,12,16H,3-4,7,9H2,1-2H3. The number of carbonyl (C=O) groups excluding carboxylic acids is 1. The third-order valence-corrected chi connectivity index (χ3v) is 3.33. The van der Waals surface area contributed by atoms with Crippen LogP contribution < -0.4 is 4.74 Å². The summed E-state index contributed by atoms with van der Waals surface area (Å²) in [7, 11) is 1.62. The number of rotatable bonds is 2. The summed E-state index contributed by atoms with van der Waals surface area (Å²) in [5, 5.41) is 9.60. The van der Waals surface area contributed by atoms with E-state index in [1.807, 2.05) is 19.1 Å². The smallest absolute Gasteiger partial charge is 0.253 e. The lowest BCUT2D eigenvalue weighted by Gasteiger charge is -2.30. The molecule has 1 aliphatic heterocycles. The number of aryl methyl sites for hydroxylation is 1. The fraction of sp³-hybridized carbons (Fsp3) is 0.500. The number of hydrogen-bond acceptors (Lipinski definition) is 3. The molecule has 1 fully saturated rings. The first-order chi connectivity index (χ1) is 8.61. The molecule has 1 N–H and O–H groups in total. The van der Waals surface area contributed by atoms with E-state index in [0.717, 1.165) is 30.7 Å². The predicted octanol–water partition coefficient (Wildman–Crippen LogP) is 1.60. The van der Waals surface area contributed by atoms with Crippen molar-refractivity contribution < 1.29 is 14.6 Å². The third-order valence-electron chi connectivity index (χ3n) is 3.33. The molecule has 1 saturated heterocycles.